The van der Waals surface area contributed by atoms with Gasteiger partial charge < -0.3 is 24.6 Å². The summed E-state index contributed by atoms with van der Waals surface area (Å²) in [7, 11) is 0. The number of rotatable bonds is 5. The average Bonchev–Trinajstić information content (AvgIpc) is 2.67. The number of hydrogen-bond acceptors (Lipinski definition) is 6. The van der Waals surface area contributed by atoms with E-state index in [9.17, 15) is 14.7 Å². The number of aryl methyl sites for hydroxylation is 1. The van der Waals surface area contributed by atoms with Crippen LogP contribution >= 0.6 is 15.9 Å². The first-order chi connectivity index (χ1) is 12.9. The molecule has 0 spiro atoms. The van der Waals surface area contributed by atoms with Crippen molar-refractivity contribution in [1.82, 2.24) is 5.32 Å². The van der Waals surface area contributed by atoms with Crippen LogP contribution in [0.1, 0.15) is 15.9 Å². The number of halogens is 1. The Morgan fingerprint density at radius 2 is 2.04 bits per heavy atom. The molecule has 0 saturated carbocycles. The van der Waals surface area contributed by atoms with Gasteiger partial charge in [-0.1, -0.05) is 12.1 Å². The standard InChI is InChI=1S/C19H18BrNO6/c1-11-6-13(18(23)14(20)7-11)19(24)26-10-17(22)21-8-12-9-25-15-4-2-3-5-16(15)27-12/h2-7,12,23H,8-10H2,1H3,(H,21,22). The van der Waals surface area contributed by atoms with Crippen LogP contribution in [0.15, 0.2) is 40.9 Å². The highest BCUT2D eigenvalue weighted by atomic mass is 79.9. The summed E-state index contributed by atoms with van der Waals surface area (Å²) >= 11 is 3.16. The van der Waals surface area contributed by atoms with Gasteiger partial charge in [0.15, 0.2) is 18.1 Å². The molecule has 0 aliphatic carbocycles. The largest absolute Gasteiger partial charge is 0.506 e. The minimum absolute atomic E-state index is 0.00436. The Labute approximate surface area is 164 Å². The van der Waals surface area contributed by atoms with Gasteiger partial charge >= 0.3 is 5.97 Å². The van der Waals surface area contributed by atoms with Gasteiger partial charge in [0.05, 0.1) is 11.0 Å². The summed E-state index contributed by atoms with van der Waals surface area (Å²) in [6.45, 7) is 1.83. The summed E-state index contributed by atoms with van der Waals surface area (Å²) in [5, 5.41) is 12.6. The van der Waals surface area contributed by atoms with Crippen molar-refractivity contribution >= 4 is 27.8 Å². The highest BCUT2D eigenvalue weighted by Gasteiger charge is 2.22. The van der Waals surface area contributed by atoms with Crippen molar-refractivity contribution < 1.29 is 28.9 Å². The van der Waals surface area contributed by atoms with Gasteiger partial charge in [-0.25, -0.2) is 4.79 Å². The van der Waals surface area contributed by atoms with Gasteiger partial charge in [0.2, 0.25) is 0 Å². The number of para-hydroxylation sites is 2. The second-order valence-corrected chi connectivity index (χ2v) is 6.88. The maximum atomic E-state index is 12.1. The van der Waals surface area contributed by atoms with Crippen LogP contribution in [0.4, 0.5) is 0 Å². The zero-order valence-electron chi connectivity index (χ0n) is 14.5. The van der Waals surface area contributed by atoms with E-state index in [0.29, 0.717) is 22.6 Å². The lowest BCUT2D eigenvalue weighted by molar-refractivity contribution is -0.124. The molecule has 2 aromatic carbocycles. The molecular formula is C19H18BrNO6. The zero-order chi connectivity index (χ0) is 19.4. The lowest BCUT2D eigenvalue weighted by Gasteiger charge is -2.26. The maximum Gasteiger partial charge on any atom is 0.342 e. The van der Waals surface area contributed by atoms with Crippen LogP contribution < -0.4 is 14.8 Å². The van der Waals surface area contributed by atoms with Gasteiger partial charge in [-0.3, -0.25) is 4.79 Å². The molecule has 2 aromatic rings. The predicted octanol–water partition coefficient (Wildman–Crippen LogP) is 2.58. The Balaban J connectivity index is 1.47. The highest BCUT2D eigenvalue weighted by Crippen LogP contribution is 2.31. The summed E-state index contributed by atoms with van der Waals surface area (Å²) < 4.78 is 16.7. The number of benzene rings is 2. The third-order valence-corrected chi connectivity index (χ3v) is 4.46. The number of fused-ring (bicyclic) bond motifs is 1. The van der Waals surface area contributed by atoms with E-state index < -0.39 is 18.5 Å². The molecule has 1 heterocycles. The Kier molecular flexibility index (Phi) is 5.85. The number of nitrogens with one attached hydrogen (secondary N) is 1. The quantitative estimate of drug-likeness (QED) is 0.700. The summed E-state index contributed by atoms with van der Waals surface area (Å²) in [4.78, 5) is 24.0. The number of aromatic hydroxyl groups is 1. The lowest BCUT2D eigenvalue weighted by Crippen LogP contribution is -2.42. The minimum atomic E-state index is -0.779. The first-order valence-electron chi connectivity index (χ1n) is 8.25. The molecule has 1 aliphatic rings. The number of carbonyl (C=O) groups is 2. The Morgan fingerprint density at radius 3 is 2.81 bits per heavy atom. The average molecular weight is 436 g/mol. The van der Waals surface area contributed by atoms with Crippen molar-refractivity contribution in [3.05, 3.63) is 52.0 Å². The van der Waals surface area contributed by atoms with Gasteiger partial charge in [0.25, 0.3) is 5.91 Å². The van der Waals surface area contributed by atoms with Gasteiger partial charge in [0, 0.05) is 0 Å². The normalized spacial score (nSPS) is 15.1. The third-order valence-electron chi connectivity index (χ3n) is 3.86. The molecule has 3 rings (SSSR count). The Hall–Kier alpha value is -2.74. The molecule has 0 radical (unpaired) electrons. The van der Waals surface area contributed by atoms with Crippen molar-refractivity contribution in [3.63, 3.8) is 0 Å². The van der Waals surface area contributed by atoms with Crippen LogP contribution in [0.3, 0.4) is 0 Å². The summed E-state index contributed by atoms with van der Waals surface area (Å²) in [5.41, 5.74) is 0.765. The van der Waals surface area contributed by atoms with Gasteiger partial charge in [-0.05, 0) is 52.7 Å². The number of amides is 1. The molecule has 0 bridgehead atoms. The van der Waals surface area contributed by atoms with E-state index in [-0.39, 0.29) is 24.0 Å². The number of esters is 1. The van der Waals surface area contributed by atoms with E-state index in [1.165, 1.54) is 6.07 Å². The maximum absolute atomic E-state index is 12.1. The number of carbonyl (C=O) groups excluding carboxylic acids is 2. The molecule has 0 fully saturated rings. The van der Waals surface area contributed by atoms with Gasteiger partial charge in [-0.2, -0.15) is 0 Å². The van der Waals surface area contributed by atoms with Crippen molar-refractivity contribution in [2.45, 2.75) is 13.0 Å². The summed E-state index contributed by atoms with van der Waals surface area (Å²) in [6.07, 6.45) is -0.337. The van der Waals surface area contributed by atoms with Crippen molar-refractivity contribution in [3.8, 4) is 17.2 Å². The molecule has 8 heteroatoms. The molecule has 2 N–H and O–H groups in total. The van der Waals surface area contributed by atoms with Gasteiger partial charge in [-0.15, -0.1) is 0 Å². The molecule has 1 aliphatic heterocycles. The van der Waals surface area contributed by atoms with Crippen LogP contribution in [-0.4, -0.2) is 42.8 Å². The summed E-state index contributed by atoms with van der Waals surface area (Å²) in [6, 6.07) is 10.4. The first kappa shape index (κ1) is 19.0. The van der Waals surface area contributed by atoms with E-state index in [0.717, 1.165) is 5.56 Å². The van der Waals surface area contributed by atoms with E-state index >= 15 is 0 Å². The third kappa shape index (κ3) is 4.71. The minimum Gasteiger partial charge on any atom is -0.506 e. The molecule has 7 nitrogen and oxygen atoms in total. The van der Waals surface area contributed by atoms with Crippen LogP contribution in [0.5, 0.6) is 17.2 Å². The van der Waals surface area contributed by atoms with Crippen molar-refractivity contribution in [2.75, 3.05) is 19.8 Å². The SMILES string of the molecule is Cc1cc(Br)c(O)c(C(=O)OCC(=O)NCC2COc3ccccc3O2)c1. The van der Waals surface area contributed by atoms with Crippen molar-refractivity contribution in [2.24, 2.45) is 0 Å². The molecule has 1 amide bonds. The molecule has 142 valence electrons. The number of phenolic OH excluding ortho intramolecular Hbond substituents is 1. The monoisotopic (exact) mass is 435 g/mol. The molecule has 27 heavy (non-hydrogen) atoms. The zero-order valence-corrected chi connectivity index (χ0v) is 16.1. The topological polar surface area (TPSA) is 94.1 Å². The smallest absolute Gasteiger partial charge is 0.342 e. The molecule has 0 saturated heterocycles. The lowest BCUT2D eigenvalue weighted by atomic mass is 10.1. The Bertz CT molecular complexity index is 869. The first-order valence-corrected chi connectivity index (χ1v) is 9.04. The fourth-order valence-electron chi connectivity index (χ4n) is 2.54. The van der Waals surface area contributed by atoms with E-state index in [4.69, 9.17) is 14.2 Å². The molecular weight excluding hydrogens is 418 g/mol. The van der Waals surface area contributed by atoms with Crippen LogP contribution in [0.2, 0.25) is 0 Å². The second kappa shape index (κ2) is 8.30. The number of ether oxygens (including phenoxy) is 3. The number of hydrogen-bond donors (Lipinski definition) is 2. The molecule has 1 unspecified atom stereocenters. The predicted molar refractivity (Wildman–Crippen MR) is 100 cm³/mol. The highest BCUT2D eigenvalue weighted by molar-refractivity contribution is 9.10. The summed E-state index contributed by atoms with van der Waals surface area (Å²) in [5.74, 6) is -0.194. The van der Waals surface area contributed by atoms with E-state index in [2.05, 4.69) is 21.2 Å². The fourth-order valence-corrected chi connectivity index (χ4v) is 3.12. The van der Waals surface area contributed by atoms with Crippen LogP contribution in [0.25, 0.3) is 0 Å². The molecule has 0 aromatic heterocycles. The van der Waals surface area contributed by atoms with Crippen molar-refractivity contribution in [1.29, 1.82) is 0 Å². The Morgan fingerprint density at radius 1 is 1.30 bits per heavy atom. The van der Waals surface area contributed by atoms with Crippen LogP contribution in [0, 0.1) is 6.92 Å². The van der Waals surface area contributed by atoms with E-state index in [1.54, 1.807) is 19.1 Å². The fraction of sp³-hybridized carbons (Fsp3) is 0.263. The van der Waals surface area contributed by atoms with E-state index in [1.807, 2.05) is 18.2 Å². The molecule has 1 atom stereocenters. The second-order valence-electron chi connectivity index (χ2n) is 6.02. The number of phenols is 1. The van der Waals surface area contributed by atoms with Gasteiger partial charge in [0.1, 0.15) is 24.0 Å². The van der Waals surface area contributed by atoms with Crippen LogP contribution in [-0.2, 0) is 9.53 Å².